The second-order valence-electron chi connectivity index (χ2n) is 5.63. The average molecular weight is 269 g/mol. The molecular weight excluding hydrogens is 248 g/mol. The van der Waals surface area contributed by atoms with Crippen LogP contribution in [-0.4, -0.2) is 11.9 Å². The molecule has 0 fully saturated rings. The monoisotopic (exact) mass is 268 g/mol. The fourth-order valence-corrected chi connectivity index (χ4v) is 1.66. The highest BCUT2D eigenvalue weighted by Crippen LogP contribution is 2.20. The van der Waals surface area contributed by atoms with Crippen LogP contribution in [0.15, 0.2) is 24.3 Å². The van der Waals surface area contributed by atoms with E-state index in [9.17, 15) is 4.79 Å². The molecule has 0 heterocycles. The van der Waals surface area contributed by atoms with Crippen molar-refractivity contribution in [2.75, 3.05) is 0 Å². The van der Waals surface area contributed by atoms with Gasteiger partial charge in [0.15, 0.2) is 0 Å². The number of rotatable bonds is 3. The van der Waals surface area contributed by atoms with E-state index in [4.69, 9.17) is 17.3 Å². The molecule has 0 aliphatic carbocycles. The minimum atomic E-state index is -0.521. The number of hydrogen-bond donors (Lipinski definition) is 2. The predicted octanol–water partition coefficient (Wildman–Crippen LogP) is 2.89. The summed E-state index contributed by atoms with van der Waals surface area (Å²) in [7, 11) is 0. The molecule has 4 heteroatoms. The van der Waals surface area contributed by atoms with Crippen molar-refractivity contribution in [3.63, 3.8) is 0 Å². The molecule has 0 saturated carbocycles. The van der Waals surface area contributed by atoms with Crippen LogP contribution in [0.25, 0.3) is 0 Å². The Balaban J connectivity index is 2.68. The number of benzene rings is 1. The van der Waals surface area contributed by atoms with E-state index in [2.05, 4.69) is 5.32 Å². The molecule has 100 valence electrons. The fourth-order valence-electron chi connectivity index (χ4n) is 1.53. The molecule has 0 spiro atoms. The summed E-state index contributed by atoms with van der Waals surface area (Å²) in [6.07, 6.45) is 0. The molecule has 0 bridgehead atoms. The SMILES string of the molecule is C[C@H](NC(=O)[C@H](N)C(C)(C)C)c1ccc(Cl)cc1. The van der Waals surface area contributed by atoms with E-state index >= 15 is 0 Å². The van der Waals surface area contributed by atoms with Crippen LogP contribution in [0, 0.1) is 5.41 Å². The molecule has 0 aliphatic heterocycles. The van der Waals surface area contributed by atoms with Crippen LogP contribution in [0.1, 0.15) is 39.3 Å². The van der Waals surface area contributed by atoms with Crippen LogP contribution < -0.4 is 11.1 Å². The second kappa shape index (κ2) is 5.72. The maximum Gasteiger partial charge on any atom is 0.237 e. The maximum atomic E-state index is 12.0. The van der Waals surface area contributed by atoms with Gasteiger partial charge in [-0.1, -0.05) is 44.5 Å². The quantitative estimate of drug-likeness (QED) is 0.886. The van der Waals surface area contributed by atoms with Gasteiger partial charge in [0.05, 0.1) is 12.1 Å². The van der Waals surface area contributed by atoms with Crippen molar-refractivity contribution >= 4 is 17.5 Å². The van der Waals surface area contributed by atoms with Gasteiger partial charge in [0.1, 0.15) is 0 Å². The van der Waals surface area contributed by atoms with E-state index in [1.807, 2.05) is 52.0 Å². The number of hydrogen-bond acceptors (Lipinski definition) is 2. The largest absolute Gasteiger partial charge is 0.348 e. The molecule has 0 aliphatic rings. The summed E-state index contributed by atoms with van der Waals surface area (Å²) in [5.74, 6) is -0.134. The molecule has 0 radical (unpaired) electrons. The normalized spacial score (nSPS) is 15.0. The minimum absolute atomic E-state index is 0.0804. The third-order valence-electron chi connectivity index (χ3n) is 2.94. The van der Waals surface area contributed by atoms with Crippen molar-refractivity contribution in [3.05, 3.63) is 34.9 Å². The van der Waals surface area contributed by atoms with Crippen LogP contribution >= 0.6 is 11.6 Å². The molecule has 1 amide bonds. The number of nitrogens with two attached hydrogens (primary N) is 1. The molecule has 1 rings (SSSR count). The lowest BCUT2D eigenvalue weighted by Gasteiger charge is -2.27. The molecule has 18 heavy (non-hydrogen) atoms. The summed E-state index contributed by atoms with van der Waals surface area (Å²) >= 11 is 5.83. The third kappa shape index (κ3) is 4.00. The van der Waals surface area contributed by atoms with Gasteiger partial charge >= 0.3 is 0 Å². The summed E-state index contributed by atoms with van der Waals surface area (Å²) < 4.78 is 0. The van der Waals surface area contributed by atoms with E-state index in [0.29, 0.717) is 5.02 Å². The number of amides is 1. The Kier molecular flexibility index (Phi) is 4.77. The number of carbonyl (C=O) groups is 1. The summed E-state index contributed by atoms with van der Waals surface area (Å²) in [5.41, 5.74) is 6.67. The standard InChI is InChI=1S/C14H21ClN2O/c1-9(10-5-7-11(15)8-6-10)17-13(18)12(16)14(2,3)4/h5-9,12H,16H2,1-4H3,(H,17,18)/t9-,12-/m0/s1. The predicted molar refractivity (Wildman–Crippen MR) is 75.4 cm³/mol. The second-order valence-corrected chi connectivity index (χ2v) is 6.06. The Labute approximate surface area is 114 Å². The van der Waals surface area contributed by atoms with Crippen LogP contribution in [-0.2, 0) is 4.79 Å². The van der Waals surface area contributed by atoms with Crippen molar-refractivity contribution in [1.82, 2.24) is 5.32 Å². The lowest BCUT2D eigenvalue weighted by Crippen LogP contribution is -2.49. The van der Waals surface area contributed by atoms with Crippen LogP contribution in [0.5, 0.6) is 0 Å². The van der Waals surface area contributed by atoms with Crippen molar-refractivity contribution in [1.29, 1.82) is 0 Å². The Bertz CT molecular complexity index is 409. The molecule has 1 aromatic carbocycles. The number of nitrogens with one attached hydrogen (secondary N) is 1. The van der Waals surface area contributed by atoms with Gasteiger partial charge < -0.3 is 11.1 Å². The van der Waals surface area contributed by atoms with Gasteiger partial charge in [-0.25, -0.2) is 0 Å². The van der Waals surface area contributed by atoms with E-state index in [-0.39, 0.29) is 17.4 Å². The van der Waals surface area contributed by atoms with Gasteiger partial charge in [-0.15, -0.1) is 0 Å². The third-order valence-corrected chi connectivity index (χ3v) is 3.20. The van der Waals surface area contributed by atoms with E-state index < -0.39 is 6.04 Å². The van der Waals surface area contributed by atoms with Crippen molar-refractivity contribution in [2.24, 2.45) is 11.1 Å². The lowest BCUT2D eigenvalue weighted by atomic mass is 9.86. The first-order chi connectivity index (χ1) is 8.21. The molecule has 0 unspecified atom stereocenters. The van der Waals surface area contributed by atoms with Gasteiger partial charge in [-0.05, 0) is 30.0 Å². The first-order valence-corrected chi connectivity index (χ1v) is 6.41. The molecular formula is C14H21ClN2O. The lowest BCUT2D eigenvalue weighted by molar-refractivity contribution is -0.125. The van der Waals surface area contributed by atoms with Crippen molar-refractivity contribution in [2.45, 2.75) is 39.8 Å². The topological polar surface area (TPSA) is 55.1 Å². The highest BCUT2D eigenvalue weighted by molar-refractivity contribution is 6.30. The summed E-state index contributed by atoms with van der Waals surface area (Å²) in [6.45, 7) is 7.77. The zero-order chi connectivity index (χ0) is 13.9. The van der Waals surface area contributed by atoms with Gasteiger partial charge in [-0.3, -0.25) is 4.79 Å². The average Bonchev–Trinajstić information content (AvgIpc) is 2.27. The van der Waals surface area contributed by atoms with Crippen LogP contribution in [0.3, 0.4) is 0 Å². The molecule has 0 aromatic heterocycles. The van der Waals surface area contributed by atoms with Gasteiger partial charge in [0.25, 0.3) is 0 Å². The minimum Gasteiger partial charge on any atom is -0.348 e. The van der Waals surface area contributed by atoms with Gasteiger partial charge in [-0.2, -0.15) is 0 Å². The molecule has 0 saturated heterocycles. The maximum absolute atomic E-state index is 12.0. The Hall–Kier alpha value is -1.06. The van der Waals surface area contributed by atoms with E-state index in [1.165, 1.54) is 0 Å². The zero-order valence-corrected chi connectivity index (χ0v) is 12.1. The van der Waals surface area contributed by atoms with Crippen molar-refractivity contribution in [3.8, 4) is 0 Å². The molecule has 2 atom stereocenters. The first-order valence-electron chi connectivity index (χ1n) is 6.03. The Morgan fingerprint density at radius 2 is 1.78 bits per heavy atom. The van der Waals surface area contributed by atoms with Gasteiger partial charge in [0, 0.05) is 5.02 Å². The molecule has 3 N–H and O–H groups in total. The van der Waals surface area contributed by atoms with Crippen LogP contribution in [0.4, 0.5) is 0 Å². The smallest absolute Gasteiger partial charge is 0.237 e. The first kappa shape index (κ1) is 15.0. The van der Waals surface area contributed by atoms with E-state index in [0.717, 1.165) is 5.56 Å². The van der Waals surface area contributed by atoms with E-state index in [1.54, 1.807) is 0 Å². The molecule has 3 nitrogen and oxygen atoms in total. The number of carbonyl (C=O) groups excluding carboxylic acids is 1. The summed E-state index contributed by atoms with van der Waals surface area (Å²) in [4.78, 5) is 12.0. The highest BCUT2D eigenvalue weighted by Gasteiger charge is 2.28. The van der Waals surface area contributed by atoms with Crippen molar-refractivity contribution < 1.29 is 4.79 Å². The molecule has 1 aromatic rings. The highest BCUT2D eigenvalue weighted by atomic mass is 35.5. The fraction of sp³-hybridized carbons (Fsp3) is 0.500. The van der Waals surface area contributed by atoms with Crippen LogP contribution in [0.2, 0.25) is 5.02 Å². The summed E-state index contributed by atoms with van der Waals surface area (Å²) in [6, 6.07) is 6.81. The number of halogens is 1. The van der Waals surface area contributed by atoms with Gasteiger partial charge in [0.2, 0.25) is 5.91 Å². The Morgan fingerprint density at radius 1 is 1.28 bits per heavy atom. The summed E-state index contributed by atoms with van der Waals surface area (Å²) in [5, 5.41) is 3.60. The Morgan fingerprint density at radius 3 is 2.22 bits per heavy atom. The zero-order valence-electron chi connectivity index (χ0n) is 11.3.